The van der Waals surface area contributed by atoms with Crippen LogP contribution in [0, 0.1) is 0 Å². The predicted molar refractivity (Wildman–Crippen MR) is 97.7 cm³/mol. The van der Waals surface area contributed by atoms with Crippen LogP contribution in [0.4, 0.5) is 5.69 Å². The number of hydrogen-bond acceptors (Lipinski definition) is 6. The molecule has 0 radical (unpaired) electrons. The second kappa shape index (κ2) is 8.84. The smallest absolute Gasteiger partial charge is 0.281 e. The molecule has 1 heterocycles. The third-order valence-corrected chi connectivity index (χ3v) is 4.06. The molecule has 132 valence electrons. The molecule has 25 heavy (non-hydrogen) atoms. The van der Waals surface area contributed by atoms with Gasteiger partial charge in [-0.05, 0) is 30.5 Å². The van der Waals surface area contributed by atoms with E-state index >= 15 is 0 Å². The molecule has 8 heteroatoms. The van der Waals surface area contributed by atoms with Gasteiger partial charge in [0.2, 0.25) is 5.91 Å². The molecule has 1 aromatic carbocycles. The number of rotatable bonds is 7. The number of methoxy groups -OCH3 is 2. The monoisotopic (exact) mass is 361 g/mol. The van der Waals surface area contributed by atoms with Crippen molar-refractivity contribution in [2.24, 2.45) is 5.10 Å². The maximum absolute atomic E-state index is 12.2. The largest absolute Gasteiger partial charge is 0.497 e. The van der Waals surface area contributed by atoms with Gasteiger partial charge in [0.15, 0.2) is 0 Å². The molecule has 2 N–H and O–H groups in total. The van der Waals surface area contributed by atoms with Crippen LogP contribution in [0.1, 0.15) is 23.0 Å². The van der Waals surface area contributed by atoms with Crippen molar-refractivity contribution in [3.63, 3.8) is 0 Å². The second-order valence-electron chi connectivity index (χ2n) is 5.06. The summed E-state index contributed by atoms with van der Waals surface area (Å²) in [5, 5.41) is 8.50. The molecule has 0 saturated carbocycles. The van der Waals surface area contributed by atoms with Crippen LogP contribution in [0.5, 0.6) is 11.5 Å². The summed E-state index contributed by atoms with van der Waals surface area (Å²) in [5.41, 5.74) is 3.41. The molecule has 2 rings (SSSR count). The standard InChI is InChI=1S/C17H19N3O4S/c1-11(19-20-17(22)15-5-4-8-25-15)9-16(21)18-13-10-12(23-2)6-7-14(13)24-3/h4-8,10H,9H2,1-3H3,(H,18,21)(H,20,22)/b19-11+. The normalized spacial score (nSPS) is 10.9. The average Bonchev–Trinajstić information content (AvgIpc) is 3.14. The van der Waals surface area contributed by atoms with E-state index in [1.54, 1.807) is 49.7 Å². The Morgan fingerprint density at radius 3 is 2.64 bits per heavy atom. The number of nitrogens with zero attached hydrogens (tertiary/aromatic N) is 1. The highest BCUT2D eigenvalue weighted by Gasteiger charge is 2.11. The lowest BCUT2D eigenvalue weighted by Crippen LogP contribution is -2.21. The van der Waals surface area contributed by atoms with Crippen molar-refractivity contribution in [1.29, 1.82) is 0 Å². The fourth-order valence-electron chi connectivity index (χ4n) is 1.99. The van der Waals surface area contributed by atoms with Gasteiger partial charge in [-0.15, -0.1) is 11.3 Å². The van der Waals surface area contributed by atoms with E-state index in [0.29, 0.717) is 27.8 Å². The number of anilines is 1. The Morgan fingerprint density at radius 1 is 1.20 bits per heavy atom. The van der Waals surface area contributed by atoms with E-state index in [0.717, 1.165) is 0 Å². The molecule has 0 aliphatic rings. The minimum absolute atomic E-state index is 0.0328. The molecule has 7 nitrogen and oxygen atoms in total. The summed E-state index contributed by atoms with van der Waals surface area (Å²) >= 11 is 1.32. The summed E-state index contributed by atoms with van der Waals surface area (Å²) in [7, 11) is 3.06. The highest BCUT2D eigenvalue weighted by molar-refractivity contribution is 7.12. The van der Waals surface area contributed by atoms with Gasteiger partial charge in [-0.3, -0.25) is 9.59 Å². The van der Waals surface area contributed by atoms with Gasteiger partial charge in [-0.2, -0.15) is 5.10 Å². The van der Waals surface area contributed by atoms with Crippen molar-refractivity contribution in [1.82, 2.24) is 5.43 Å². The van der Waals surface area contributed by atoms with E-state index < -0.39 is 0 Å². The Morgan fingerprint density at radius 2 is 2.00 bits per heavy atom. The fourth-order valence-corrected chi connectivity index (χ4v) is 2.60. The lowest BCUT2D eigenvalue weighted by molar-refractivity contribution is -0.115. The zero-order valence-corrected chi connectivity index (χ0v) is 15.0. The van der Waals surface area contributed by atoms with Crippen molar-refractivity contribution in [2.45, 2.75) is 13.3 Å². The van der Waals surface area contributed by atoms with Crippen molar-refractivity contribution >= 4 is 34.6 Å². The van der Waals surface area contributed by atoms with Crippen molar-refractivity contribution in [3.8, 4) is 11.5 Å². The zero-order chi connectivity index (χ0) is 18.2. The molecular formula is C17H19N3O4S. The van der Waals surface area contributed by atoms with E-state index in [4.69, 9.17) is 9.47 Å². The number of ether oxygens (including phenoxy) is 2. The summed E-state index contributed by atoms with van der Waals surface area (Å²) in [6.07, 6.45) is 0.0328. The van der Waals surface area contributed by atoms with Gasteiger partial charge in [-0.1, -0.05) is 6.07 Å². The van der Waals surface area contributed by atoms with Crippen molar-refractivity contribution in [3.05, 3.63) is 40.6 Å². The van der Waals surface area contributed by atoms with Gasteiger partial charge < -0.3 is 14.8 Å². The first kappa shape index (κ1) is 18.5. The number of carbonyl (C=O) groups excluding carboxylic acids is 2. The molecule has 0 unspecified atom stereocenters. The topological polar surface area (TPSA) is 89.0 Å². The number of carbonyl (C=O) groups is 2. The Bertz CT molecular complexity index is 772. The lowest BCUT2D eigenvalue weighted by Gasteiger charge is -2.11. The van der Waals surface area contributed by atoms with E-state index in [9.17, 15) is 9.59 Å². The van der Waals surface area contributed by atoms with Gasteiger partial charge in [-0.25, -0.2) is 5.43 Å². The Kier molecular flexibility index (Phi) is 6.53. The number of benzene rings is 1. The maximum atomic E-state index is 12.2. The summed E-state index contributed by atoms with van der Waals surface area (Å²) in [6.45, 7) is 1.66. The van der Waals surface area contributed by atoms with E-state index in [1.807, 2.05) is 0 Å². The highest BCUT2D eigenvalue weighted by atomic mass is 32.1. The molecule has 0 fully saturated rings. The molecule has 0 spiro atoms. The second-order valence-corrected chi connectivity index (χ2v) is 6.00. The first-order valence-corrected chi connectivity index (χ1v) is 8.30. The lowest BCUT2D eigenvalue weighted by atomic mass is 10.2. The van der Waals surface area contributed by atoms with Crippen molar-refractivity contribution < 1.29 is 19.1 Å². The third kappa shape index (κ3) is 5.32. The van der Waals surface area contributed by atoms with Gasteiger partial charge in [0.05, 0.1) is 31.2 Å². The minimum Gasteiger partial charge on any atom is -0.497 e. The van der Waals surface area contributed by atoms with Gasteiger partial charge >= 0.3 is 0 Å². The van der Waals surface area contributed by atoms with E-state index in [-0.39, 0.29) is 18.2 Å². The van der Waals surface area contributed by atoms with Crippen LogP contribution in [-0.4, -0.2) is 31.7 Å². The molecule has 2 aromatic rings. The van der Waals surface area contributed by atoms with Crippen LogP contribution >= 0.6 is 11.3 Å². The molecule has 0 bridgehead atoms. The van der Waals surface area contributed by atoms with Crippen molar-refractivity contribution in [2.75, 3.05) is 19.5 Å². The summed E-state index contributed by atoms with van der Waals surface area (Å²) < 4.78 is 10.4. The van der Waals surface area contributed by atoms with Gasteiger partial charge in [0, 0.05) is 11.8 Å². The van der Waals surface area contributed by atoms with E-state index in [1.165, 1.54) is 18.4 Å². The average molecular weight is 361 g/mol. The van der Waals surface area contributed by atoms with Gasteiger partial charge in [0.25, 0.3) is 5.91 Å². The fraction of sp³-hybridized carbons (Fsp3) is 0.235. The Balaban J connectivity index is 1.95. The highest BCUT2D eigenvalue weighted by Crippen LogP contribution is 2.28. The number of amides is 2. The number of hydrazone groups is 1. The molecular weight excluding hydrogens is 342 g/mol. The number of thiophene rings is 1. The van der Waals surface area contributed by atoms with E-state index in [2.05, 4.69) is 15.8 Å². The molecule has 0 atom stereocenters. The first-order valence-electron chi connectivity index (χ1n) is 7.42. The molecule has 0 aliphatic heterocycles. The van der Waals surface area contributed by atoms with Crippen LogP contribution in [-0.2, 0) is 4.79 Å². The quantitative estimate of drug-likeness (QED) is 0.586. The predicted octanol–water partition coefficient (Wildman–Crippen LogP) is 2.90. The maximum Gasteiger partial charge on any atom is 0.281 e. The SMILES string of the molecule is COc1ccc(OC)c(NC(=O)C/C(C)=N/NC(=O)c2cccs2)c1. The third-order valence-electron chi connectivity index (χ3n) is 3.19. The summed E-state index contributed by atoms with van der Waals surface area (Å²) in [4.78, 5) is 24.5. The molecule has 0 saturated heterocycles. The van der Waals surface area contributed by atoms with Crippen LogP contribution in [0.15, 0.2) is 40.8 Å². The number of hydrogen-bond donors (Lipinski definition) is 2. The number of nitrogens with one attached hydrogen (secondary N) is 2. The minimum atomic E-state index is -0.302. The first-order chi connectivity index (χ1) is 12.0. The summed E-state index contributed by atoms with van der Waals surface area (Å²) in [5.74, 6) is 0.543. The zero-order valence-electron chi connectivity index (χ0n) is 14.2. The van der Waals surface area contributed by atoms with Crippen LogP contribution in [0.2, 0.25) is 0 Å². The van der Waals surface area contributed by atoms with Crippen LogP contribution in [0.25, 0.3) is 0 Å². The Hall–Kier alpha value is -2.87. The van der Waals surface area contributed by atoms with Crippen LogP contribution < -0.4 is 20.2 Å². The molecule has 0 aliphatic carbocycles. The molecule has 2 amide bonds. The molecule has 1 aromatic heterocycles. The Labute approximate surface area is 149 Å². The van der Waals surface area contributed by atoms with Crippen LogP contribution in [0.3, 0.4) is 0 Å². The van der Waals surface area contributed by atoms with Gasteiger partial charge in [0.1, 0.15) is 11.5 Å². The summed E-state index contributed by atoms with van der Waals surface area (Å²) in [6, 6.07) is 8.59.